The van der Waals surface area contributed by atoms with Gasteiger partial charge in [-0.05, 0) is 119 Å². The number of aromatic carboxylic acids is 2. The van der Waals surface area contributed by atoms with Gasteiger partial charge in [0.1, 0.15) is 48.1 Å². The predicted octanol–water partition coefficient (Wildman–Crippen LogP) is 15.0. The van der Waals surface area contributed by atoms with Gasteiger partial charge in [0.25, 0.3) is 0 Å². The number of rotatable bonds is 16. The Hall–Kier alpha value is -8.68. The van der Waals surface area contributed by atoms with Crippen molar-refractivity contribution in [2.75, 3.05) is 26.4 Å². The summed E-state index contributed by atoms with van der Waals surface area (Å²) in [6.07, 6.45) is -0.0191. The lowest BCUT2D eigenvalue weighted by Gasteiger charge is -2.28. The number of ether oxygens (including phenoxy) is 4. The Balaban J connectivity index is 0.000000179. The summed E-state index contributed by atoms with van der Waals surface area (Å²) in [7, 11) is 0. The lowest BCUT2D eigenvalue weighted by molar-refractivity contribution is 0.0686. The summed E-state index contributed by atoms with van der Waals surface area (Å²) in [5.41, 5.74) is 4.47. The molecule has 86 heavy (non-hydrogen) atoms. The van der Waals surface area contributed by atoms with Gasteiger partial charge in [-0.1, -0.05) is 87.3 Å². The first kappa shape index (κ1) is 59.1. The molecule has 0 radical (unpaired) electrons. The van der Waals surface area contributed by atoms with E-state index in [1.54, 1.807) is 84.9 Å². The third-order valence-corrected chi connectivity index (χ3v) is 16.0. The standard InChI is InChI=1S/2C33H28ClF2N3O4/c2*1-33(2)18-42-17-29(33)39-28-13-20(32(40)41)8-11-27(28)37-30(39)14-21-12-25(36)23(15-24(21)35)26-4-3-5-31(38-26)43-16-19-6-9-22(34)10-7-19/h2*3-13,15,29H,14,16-18H2,1-2H3,(H,40,41). The van der Waals surface area contributed by atoms with E-state index in [0.717, 1.165) is 35.4 Å². The maximum Gasteiger partial charge on any atom is 0.335 e. The molecule has 20 heteroatoms. The normalized spacial score (nSPS) is 16.1. The van der Waals surface area contributed by atoms with Gasteiger partial charge in [0.05, 0.1) is 83.1 Å². The molecule has 2 N–H and O–H groups in total. The third kappa shape index (κ3) is 12.7. The number of benzene rings is 6. The zero-order valence-electron chi connectivity index (χ0n) is 47.0. The zero-order valence-corrected chi connectivity index (χ0v) is 48.5. The summed E-state index contributed by atoms with van der Waals surface area (Å²) in [4.78, 5) is 41.6. The van der Waals surface area contributed by atoms with Crippen LogP contribution in [0.1, 0.15) is 94.4 Å². The number of imidazole rings is 2. The molecule has 0 saturated carbocycles. The molecule has 0 amide bonds. The first-order valence-corrected chi connectivity index (χ1v) is 28.2. The Bertz CT molecular complexity index is 3950. The largest absolute Gasteiger partial charge is 0.478 e. The maximum absolute atomic E-state index is 15.6. The molecule has 0 bridgehead atoms. The Morgan fingerprint density at radius 3 is 1.29 bits per heavy atom. The van der Waals surface area contributed by atoms with Crippen molar-refractivity contribution in [2.24, 2.45) is 10.8 Å². The first-order chi connectivity index (χ1) is 41.2. The Kier molecular flexibility index (Phi) is 16.7. The van der Waals surface area contributed by atoms with Gasteiger partial charge in [-0.3, -0.25) is 0 Å². The van der Waals surface area contributed by atoms with Gasteiger partial charge < -0.3 is 38.3 Å². The van der Waals surface area contributed by atoms with E-state index in [4.69, 9.17) is 52.1 Å². The number of pyridine rings is 2. The highest BCUT2D eigenvalue weighted by molar-refractivity contribution is 6.30. The van der Waals surface area contributed by atoms with Crippen LogP contribution in [0.4, 0.5) is 17.6 Å². The minimum absolute atomic E-state index is 0.00289. The fourth-order valence-corrected chi connectivity index (χ4v) is 11.1. The van der Waals surface area contributed by atoms with E-state index >= 15 is 17.6 Å². The fraction of sp³-hybridized carbons (Fsp3) is 0.242. The highest BCUT2D eigenvalue weighted by Gasteiger charge is 2.41. The Morgan fingerprint density at radius 2 is 0.930 bits per heavy atom. The highest BCUT2D eigenvalue weighted by atomic mass is 35.5. The number of aromatic nitrogens is 6. The quantitative estimate of drug-likeness (QED) is 0.0878. The monoisotopic (exact) mass is 1210 g/mol. The van der Waals surface area contributed by atoms with Gasteiger partial charge in [0, 0.05) is 57.0 Å². The van der Waals surface area contributed by atoms with E-state index in [2.05, 4.69) is 37.7 Å². The van der Waals surface area contributed by atoms with Crippen molar-refractivity contribution in [3.8, 4) is 34.3 Å². The fourth-order valence-electron chi connectivity index (χ4n) is 10.8. The van der Waals surface area contributed by atoms with Crippen LogP contribution in [0.5, 0.6) is 11.8 Å². The molecule has 14 nitrogen and oxygen atoms in total. The third-order valence-electron chi connectivity index (χ3n) is 15.5. The molecule has 4 aromatic heterocycles. The summed E-state index contributed by atoms with van der Waals surface area (Å²) in [6.45, 7) is 10.5. The Labute approximate surface area is 501 Å². The number of nitrogens with zero attached hydrogens (tertiary/aromatic N) is 6. The van der Waals surface area contributed by atoms with Gasteiger partial charge in [-0.2, -0.15) is 0 Å². The molecular weight excluding hydrogens is 1150 g/mol. The molecule has 2 fully saturated rings. The van der Waals surface area contributed by atoms with Crippen molar-refractivity contribution in [3.05, 3.63) is 224 Å². The summed E-state index contributed by atoms with van der Waals surface area (Å²) < 4.78 is 89.2. The molecule has 10 aromatic rings. The molecule has 2 aliphatic heterocycles. The predicted molar refractivity (Wildman–Crippen MR) is 317 cm³/mol. The van der Waals surface area contributed by atoms with Crippen LogP contribution in [0.2, 0.25) is 10.0 Å². The maximum atomic E-state index is 15.6. The van der Waals surface area contributed by atoms with Crippen LogP contribution >= 0.6 is 23.2 Å². The molecule has 2 aliphatic rings. The van der Waals surface area contributed by atoms with Gasteiger partial charge in [-0.25, -0.2) is 47.1 Å². The molecule has 440 valence electrons. The van der Waals surface area contributed by atoms with Gasteiger partial charge in [0.15, 0.2) is 0 Å². The molecule has 2 atom stereocenters. The molecule has 2 saturated heterocycles. The van der Waals surface area contributed by atoms with Crippen molar-refractivity contribution in [2.45, 2.75) is 65.8 Å². The van der Waals surface area contributed by atoms with E-state index in [0.29, 0.717) is 70.2 Å². The number of carboxylic acid groups (broad SMARTS) is 2. The highest BCUT2D eigenvalue weighted by Crippen LogP contribution is 2.43. The van der Waals surface area contributed by atoms with E-state index in [1.807, 2.05) is 33.4 Å². The van der Waals surface area contributed by atoms with Crippen LogP contribution < -0.4 is 9.47 Å². The van der Waals surface area contributed by atoms with Crippen molar-refractivity contribution >= 4 is 57.2 Å². The molecule has 6 heterocycles. The summed E-state index contributed by atoms with van der Waals surface area (Å²) >= 11 is 11.9. The van der Waals surface area contributed by atoms with Crippen LogP contribution in [0.25, 0.3) is 44.6 Å². The van der Waals surface area contributed by atoms with Crippen LogP contribution in [-0.2, 0) is 35.5 Å². The number of hydrogen-bond donors (Lipinski definition) is 2. The number of carboxylic acids is 2. The second kappa shape index (κ2) is 24.4. The minimum Gasteiger partial charge on any atom is -0.478 e. The summed E-state index contributed by atoms with van der Waals surface area (Å²) in [5, 5.41) is 20.4. The number of fused-ring (bicyclic) bond motifs is 2. The summed E-state index contributed by atoms with van der Waals surface area (Å²) in [5.74, 6) is -3.11. The lowest BCUT2D eigenvalue weighted by Crippen LogP contribution is -2.27. The average molecular weight is 1210 g/mol. The van der Waals surface area contributed by atoms with Crippen molar-refractivity contribution in [1.29, 1.82) is 0 Å². The van der Waals surface area contributed by atoms with Crippen molar-refractivity contribution in [1.82, 2.24) is 29.1 Å². The van der Waals surface area contributed by atoms with Crippen LogP contribution in [0.3, 0.4) is 0 Å². The van der Waals surface area contributed by atoms with Gasteiger partial charge >= 0.3 is 11.9 Å². The topological polar surface area (TPSA) is 173 Å². The SMILES string of the molecule is CC1(C)COCC1n1c(Cc2cc(F)c(-c3cccc(OCc4ccc(Cl)cc4)n3)cc2F)nc2ccc(C(=O)O)cc21.CC1(C)COCC1n1c(Cc2cc(F)c(-c3cccc(OCc4ccc(Cl)cc4)n3)cc2F)nc2ccc(C(=O)O)cc21. The Morgan fingerprint density at radius 1 is 0.535 bits per heavy atom. The van der Waals surface area contributed by atoms with E-state index in [-0.39, 0.29) is 105 Å². The molecule has 12 rings (SSSR count). The average Bonchev–Trinajstić information content (AvgIpc) is 1.99. The van der Waals surface area contributed by atoms with Crippen LogP contribution in [-0.4, -0.2) is 77.6 Å². The van der Waals surface area contributed by atoms with E-state index in [1.165, 1.54) is 12.1 Å². The molecule has 0 spiro atoms. The zero-order chi connectivity index (χ0) is 60.6. The van der Waals surface area contributed by atoms with E-state index < -0.39 is 35.2 Å². The van der Waals surface area contributed by atoms with Crippen LogP contribution in [0.15, 0.2) is 146 Å². The van der Waals surface area contributed by atoms with Crippen molar-refractivity contribution < 1.29 is 56.3 Å². The number of carbonyl (C=O) groups is 2. The minimum atomic E-state index is -1.06. The molecule has 6 aromatic carbocycles. The molecular formula is C66H56Cl2F4N6O8. The van der Waals surface area contributed by atoms with E-state index in [9.17, 15) is 19.8 Å². The van der Waals surface area contributed by atoms with Crippen LogP contribution in [0, 0.1) is 34.1 Å². The first-order valence-electron chi connectivity index (χ1n) is 27.5. The lowest BCUT2D eigenvalue weighted by atomic mass is 9.87. The second-order valence-corrected chi connectivity index (χ2v) is 23.5. The summed E-state index contributed by atoms with van der Waals surface area (Å²) in [6, 6.07) is 37.8. The van der Waals surface area contributed by atoms with Crippen molar-refractivity contribution in [3.63, 3.8) is 0 Å². The number of hydrogen-bond acceptors (Lipinski definition) is 10. The second-order valence-electron chi connectivity index (χ2n) is 22.6. The van der Waals surface area contributed by atoms with Gasteiger partial charge in [0.2, 0.25) is 11.8 Å². The smallest absolute Gasteiger partial charge is 0.335 e. The molecule has 2 unspecified atom stereocenters. The molecule has 0 aliphatic carbocycles. The number of halogens is 6. The van der Waals surface area contributed by atoms with Gasteiger partial charge in [-0.15, -0.1) is 0 Å².